The smallest absolute Gasteiger partial charge is 0.117 e. The highest BCUT2D eigenvalue weighted by Crippen LogP contribution is 2.26. The van der Waals surface area contributed by atoms with E-state index >= 15 is 0 Å². The second-order valence-electron chi connectivity index (χ2n) is 6.21. The van der Waals surface area contributed by atoms with Crippen LogP contribution < -0.4 is 5.32 Å². The molecule has 4 nitrogen and oxygen atoms in total. The van der Waals surface area contributed by atoms with Crippen molar-refractivity contribution in [1.29, 1.82) is 0 Å². The molecule has 1 atom stereocenters. The number of aryl methyl sites for hydroxylation is 2. The molecule has 4 heteroatoms. The minimum Gasteiger partial charge on any atom is -0.468 e. The van der Waals surface area contributed by atoms with Gasteiger partial charge in [0.25, 0.3) is 0 Å². The number of benzene rings is 1. The van der Waals surface area contributed by atoms with Crippen molar-refractivity contribution in [2.24, 2.45) is 0 Å². The first-order chi connectivity index (χ1) is 11.1. The molecule has 2 N–H and O–H groups in total. The molecule has 0 bridgehead atoms. The van der Waals surface area contributed by atoms with Gasteiger partial charge in [-0.1, -0.05) is 11.6 Å². The Morgan fingerprint density at radius 1 is 1.22 bits per heavy atom. The topological polar surface area (TPSA) is 50.3 Å². The van der Waals surface area contributed by atoms with Gasteiger partial charge in [-0.15, -0.1) is 0 Å². The van der Waals surface area contributed by atoms with E-state index in [2.05, 4.69) is 48.9 Å². The summed E-state index contributed by atoms with van der Waals surface area (Å²) in [7, 11) is 0. The van der Waals surface area contributed by atoms with Crippen molar-refractivity contribution in [1.82, 2.24) is 9.88 Å². The summed E-state index contributed by atoms with van der Waals surface area (Å²) < 4.78 is 7.49. The molecule has 23 heavy (non-hydrogen) atoms. The summed E-state index contributed by atoms with van der Waals surface area (Å²) in [6, 6.07) is 10.3. The summed E-state index contributed by atoms with van der Waals surface area (Å²) in [5.41, 5.74) is 4.96. The fourth-order valence-corrected chi connectivity index (χ4v) is 3.05. The number of hydrogen-bond donors (Lipinski definition) is 2. The minimum absolute atomic E-state index is 0.444. The van der Waals surface area contributed by atoms with Gasteiger partial charge in [0.2, 0.25) is 0 Å². The number of fused-ring (bicyclic) bond motifs is 1. The van der Waals surface area contributed by atoms with Gasteiger partial charge in [0.1, 0.15) is 5.76 Å². The standard InChI is InChI=1S/C19H24N2O2/c1-13-6-7-19-18(9-13)14(2)15(3)21(19)12-16(22)10-20-11-17-5-4-8-23-17/h4-9,16,20,22H,10-12H2,1-3H3/t16-/m0/s1. The molecule has 0 aliphatic carbocycles. The molecule has 0 amide bonds. The van der Waals surface area contributed by atoms with Crippen LogP contribution in [-0.4, -0.2) is 22.3 Å². The predicted octanol–water partition coefficient (Wildman–Crippen LogP) is 3.31. The van der Waals surface area contributed by atoms with Crippen LogP contribution in [0.1, 0.15) is 22.6 Å². The van der Waals surface area contributed by atoms with Crippen molar-refractivity contribution in [3.05, 3.63) is 59.2 Å². The average molecular weight is 312 g/mol. The Morgan fingerprint density at radius 3 is 2.78 bits per heavy atom. The van der Waals surface area contributed by atoms with Gasteiger partial charge in [0, 0.05) is 23.1 Å². The molecule has 1 aromatic carbocycles. The van der Waals surface area contributed by atoms with E-state index in [1.54, 1.807) is 6.26 Å². The molecule has 3 aromatic rings. The number of hydrogen-bond acceptors (Lipinski definition) is 3. The van der Waals surface area contributed by atoms with Crippen molar-refractivity contribution in [2.45, 2.75) is 40.0 Å². The quantitative estimate of drug-likeness (QED) is 0.734. The van der Waals surface area contributed by atoms with E-state index in [4.69, 9.17) is 4.42 Å². The van der Waals surface area contributed by atoms with Crippen LogP contribution >= 0.6 is 0 Å². The zero-order chi connectivity index (χ0) is 16.4. The van der Waals surface area contributed by atoms with Gasteiger partial charge in [0.05, 0.1) is 25.5 Å². The lowest BCUT2D eigenvalue weighted by molar-refractivity contribution is 0.151. The molecule has 0 fully saturated rings. The van der Waals surface area contributed by atoms with E-state index < -0.39 is 6.10 Å². The van der Waals surface area contributed by atoms with Crippen LogP contribution in [0.2, 0.25) is 0 Å². The van der Waals surface area contributed by atoms with Gasteiger partial charge in [-0.05, 0) is 50.6 Å². The summed E-state index contributed by atoms with van der Waals surface area (Å²) >= 11 is 0. The number of furan rings is 1. The normalized spacial score (nSPS) is 12.9. The lowest BCUT2D eigenvalue weighted by Gasteiger charge is -2.15. The first kappa shape index (κ1) is 15.8. The highest BCUT2D eigenvalue weighted by molar-refractivity contribution is 5.85. The van der Waals surface area contributed by atoms with Crippen LogP contribution in [0.25, 0.3) is 10.9 Å². The third-order valence-electron chi connectivity index (χ3n) is 4.45. The molecule has 0 spiro atoms. The fraction of sp³-hybridized carbons (Fsp3) is 0.368. The van der Waals surface area contributed by atoms with Gasteiger partial charge in [-0.25, -0.2) is 0 Å². The Kier molecular flexibility index (Phi) is 4.55. The van der Waals surface area contributed by atoms with E-state index in [0.29, 0.717) is 19.6 Å². The maximum atomic E-state index is 10.4. The van der Waals surface area contributed by atoms with Gasteiger partial charge in [-0.3, -0.25) is 0 Å². The predicted molar refractivity (Wildman–Crippen MR) is 92.6 cm³/mol. The number of aliphatic hydroxyl groups is 1. The number of nitrogens with one attached hydrogen (secondary N) is 1. The molecule has 0 saturated heterocycles. The average Bonchev–Trinajstić information content (AvgIpc) is 3.11. The van der Waals surface area contributed by atoms with Crippen molar-refractivity contribution < 1.29 is 9.52 Å². The number of rotatable bonds is 6. The molecule has 0 aliphatic heterocycles. The first-order valence-corrected chi connectivity index (χ1v) is 8.03. The van der Waals surface area contributed by atoms with E-state index in [1.807, 2.05) is 12.1 Å². The van der Waals surface area contributed by atoms with Crippen LogP contribution in [-0.2, 0) is 13.1 Å². The van der Waals surface area contributed by atoms with Gasteiger partial charge >= 0.3 is 0 Å². The van der Waals surface area contributed by atoms with Crippen molar-refractivity contribution in [3.63, 3.8) is 0 Å². The molecule has 0 radical (unpaired) electrons. The monoisotopic (exact) mass is 312 g/mol. The largest absolute Gasteiger partial charge is 0.468 e. The zero-order valence-electron chi connectivity index (χ0n) is 14.0. The van der Waals surface area contributed by atoms with Crippen LogP contribution in [0.15, 0.2) is 41.0 Å². The van der Waals surface area contributed by atoms with Gasteiger partial charge < -0.3 is 19.4 Å². The van der Waals surface area contributed by atoms with Crippen LogP contribution in [0.4, 0.5) is 0 Å². The Morgan fingerprint density at radius 2 is 2.04 bits per heavy atom. The molecule has 122 valence electrons. The Hall–Kier alpha value is -2.04. The summed E-state index contributed by atoms with van der Waals surface area (Å²) in [6.07, 6.45) is 1.22. The number of aromatic nitrogens is 1. The third kappa shape index (κ3) is 3.33. The molecule has 3 rings (SSSR count). The Labute approximate surface area is 136 Å². The van der Waals surface area contributed by atoms with Crippen molar-refractivity contribution in [3.8, 4) is 0 Å². The maximum absolute atomic E-state index is 10.4. The molecular formula is C19H24N2O2. The lowest BCUT2D eigenvalue weighted by Crippen LogP contribution is -2.30. The van der Waals surface area contributed by atoms with Crippen LogP contribution in [0, 0.1) is 20.8 Å². The maximum Gasteiger partial charge on any atom is 0.117 e. The molecule has 0 saturated carbocycles. The summed E-state index contributed by atoms with van der Waals surface area (Å²) in [4.78, 5) is 0. The summed E-state index contributed by atoms with van der Waals surface area (Å²) in [5.74, 6) is 0.881. The van der Waals surface area contributed by atoms with E-state index in [9.17, 15) is 5.11 Å². The fourth-order valence-electron chi connectivity index (χ4n) is 3.05. The van der Waals surface area contributed by atoms with Crippen LogP contribution in [0.5, 0.6) is 0 Å². The highest BCUT2D eigenvalue weighted by atomic mass is 16.3. The summed E-state index contributed by atoms with van der Waals surface area (Å²) in [5, 5.41) is 14.9. The zero-order valence-corrected chi connectivity index (χ0v) is 14.0. The Bertz CT molecular complexity index is 787. The molecule has 2 aromatic heterocycles. The van der Waals surface area contributed by atoms with Crippen LogP contribution in [0.3, 0.4) is 0 Å². The second-order valence-corrected chi connectivity index (χ2v) is 6.21. The number of nitrogens with zero attached hydrogens (tertiary/aromatic N) is 1. The number of aliphatic hydroxyl groups excluding tert-OH is 1. The second kappa shape index (κ2) is 6.60. The minimum atomic E-state index is -0.444. The van der Waals surface area contributed by atoms with Gasteiger partial charge in [-0.2, -0.15) is 0 Å². The lowest BCUT2D eigenvalue weighted by atomic mass is 10.1. The van der Waals surface area contributed by atoms with E-state index in [0.717, 1.165) is 5.76 Å². The highest BCUT2D eigenvalue weighted by Gasteiger charge is 2.14. The first-order valence-electron chi connectivity index (χ1n) is 8.03. The SMILES string of the molecule is Cc1ccc2c(c1)c(C)c(C)n2C[C@@H](O)CNCc1ccco1. The third-order valence-corrected chi connectivity index (χ3v) is 4.45. The summed E-state index contributed by atoms with van der Waals surface area (Å²) in [6.45, 7) is 8.13. The van der Waals surface area contributed by atoms with Crippen molar-refractivity contribution in [2.75, 3.05) is 6.54 Å². The van der Waals surface area contributed by atoms with E-state index in [-0.39, 0.29) is 0 Å². The van der Waals surface area contributed by atoms with E-state index in [1.165, 1.54) is 27.7 Å². The molecule has 0 unspecified atom stereocenters. The van der Waals surface area contributed by atoms with Gasteiger partial charge in [0.15, 0.2) is 0 Å². The molecule has 2 heterocycles. The Balaban J connectivity index is 1.69. The van der Waals surface area contributed by atoms with Crippen molar-refractivity contribution >= 4 is 10.9 Å². The molecule has 0 aliphatic rings. The molecular weight excluding hydrogens is 288 g/mol.